The average Bonchev–Trinajstić information content (AvgIpc) is 3.27. The summed E-state index contributed by atoms with van der Waals surface area (Å²) in [5.41, 5.74) is 1.88. The van der Waals surface area contributed by atoms with Gasteiger partial charge in [-0.3, -0.25) is 14.4 Å². The molecule has 2 aliphatic heterocycles. The van der Waals surface area contributed by atoms with E-state index in [1.165, 1.54) is 6.07 Å². The first-order valence-corrected chi connectivity index (χ1v) is 10.7. The van der Waals surface area contributed by atoms with Crippen molar-refractivity contribution in [2.45, 2.75) is 12.1 Å². The molecule has 2 amide bonds. The second-order valence-corrected chi connectivity index (χ2v) is 8.57. The summed E-state index contributed by atoms with van der Waals surface area (Å²) in [5.74, 6) is -1.56. The average molecular weight is 474 g/mol. The minimum atomic E-state index is -0.967. The lowest BCUT2D eigenvalue weighted by atomic mass is 9.90. The Labute approximate surface area is 193 Å². The summed E-state index contributed by atoms with van der Waals surface area (Å²) in [6.07, 6.45) is -0.967. The molecule has 5 nitrogen and oxygen atoms in total. The van der Waals surface area contributed by atoms with Crippen LogP contribution in [0.3, 0.4) is 0 Å². The summed E-state index contributed by atoms with van der Waals surface area (Å²) >= 11 is 18.3. The number of hydrogen-bond acceptors (Lipinski definition) is 4. The van der Waals surface area contributed by atoms with E-state index in [9.17, 15) is 9.59 Å². The maximum atomic E-state index is 13.5. The zero-order valence-electron chi connectivity index (χ0n) is 15.9. The number of fused-ring (bicyclic) bond motifs is 1. The first kappa shape index (κ1) is 20.3. The van der Waals surface area contributed by atoms with Crippen molar-refractivity contribution in [3.05, 3.63) is 93.4 Å². The summed E-state index contributed by atoms with van der Waals surface area (Å²) in [7, 11) is 0. The molecular weight excluding hydrogens is 459 g/mol. The molecule has 0 aromatic heterocycles. The highest BCUT2D eigenvalue weighted by atomic mass is 35.5. The molecule has 2 fully saturated rings. The van der Waals surface area contributed by atoms with Gasteiger partial charge in [-0.15, -0.1) is 0 Å². The Morgan fingerprint density at radius 3 is 2.23 bits per heavy atom. The number of nitrogens with zero attached hydrogens (tertiary/aromatic N) is 2. The van der Waals surface area contributed by atoms with Gasteiger partial charge in [0.05, 0.1) is 27.5 Å². The molecule has 31 heavy (non-hydrogen) atoms. The van der Waals surface area contributed by atoms with Crippen LogP contribution in [-0.4, -0.2) is 17.9 Å². The molecule has 0 N–H and O–H groups in total. The maximum Gasteiger partial charge on any atom is 0.266 e. The van der Waals surface area contributed by atoms with Crippen molar-refractivity contribution in [3.63, 3.8) is 0 Å². The lowest BCUT2D eigenvalue weighted by molar-refractivity contribution is -0.126. The van der Waals surface area contributed by atoms with Crippen LogP contribution in [0.15, 0.2) is 72.8 Å². The Kier molecular flexibility index (Phi) is 5.15. The molecule has 0 saturated carbocycles. The Bertz CT molecular complexity index is 1190. The lowest BCUT2D eigenvalue weighted by Crippen LogP contribution is -2.37. The molecule has 2 heterocycles. The molecular formula is C23H15Cl3N2O3. The Hall–Kier alpha value is -2.57. The molecule has 3 aromatic rings. The molecule has 156 valence electrons. The van der Waals surface area contributed by atoms with E-state index in [-0.39, 0.29) is 10.9 Å². The summed E-state index contributed by atoms with van der Waals surface area (Å²) in [6.45, 7) is 0. The van der Waals surface area contributed by atoms with Crippen molar-refractivity contribution >= 4 is 58.0 Å². The van der Waals surface area contributed by atoms with Crippen LogP contribution >= 0.6 is 34.8 Å². The molecule has 0 spiro atoms. The van der Waals surface area contributed by atoms with Gasteiger partial charge in [-0.1, -0.05) is 65.1 Å². The highest BCUT2D eigenvalue weighted by Gasteiger charge is 2.60. The van der Waals surface area contributed by atoms with E-state index < -0.39 is 24.0 Å². The van der Waals surface area contributed by atoms with E-state index in [0.717, 1.165) is 16.2 Å². The van der Waals surface area contributed by atoms with Gasteiger partial charge in [0.25, 0.3) is 5.91 Å². The van der Waals surface area contributed by atoms with Crippen LogP contribution < -0.4 is 9.96 Å². The summed E-state index contributed by atoms with van der Waals surface area (Å²) in [6, 6.07) is 20.7. The minimum Gasteiger partial charge on any atom is -0.273 e. The quantitative estimate of drug-likeness (QED) is 0.458. The number of hydroxylamine groups is 1. The van der Waals surface area contributed by atoms with Gasteiger partial charge in [-0.25, -0.2) is 9.96 Å². The van der Waals surface area contributed by atoms with Crippen molar-refractivity contribution in [2.24, 2.45) is 5.92 Å². The van der Waals surface area contributed by atoms with Crippen molar-refractivity contribution in [1.82, 2.24) is 0 Å². The Balaban J connectivity index is 1.59. The molecule has 3 aromatic carbocycles. The monoisotopic (exact) mass is 472 g/mol. The zero-order valence-corrected chi connectivity index (χ0v) is 18.2. The number of carbonyl (C=O) groups is 2. The molecule has 2 aliphatic rings. The highest BCUT2D eigenvalue weighted by molar-refractivity contribution is 6.42. The smallest absolute Gasteiger partial charge is 0.266 e. The predicted molar refractivity (Wildman–Crippen MR) is 120 cm³/mol. The van der Waals surface area contributed by atoms with Gasteiger partial charge in [0, 0.05) is 5.02 Å². The van der Waals surface area contributed by atoms with E-state index in [0.29, 0.717) is 15.7 Å². The van der Waals surface area contributed by atoms with Crippen LogP contribution in [0, 0.1) is 5.92 Å². The number of hydrogen-bond donors (Lipinski definition) is 0. The van der Waals surface area contributed by atoms with Crippen molar-refractivity contribution in [3.8, 4) is 0 Å². The van der Waals surface area contributed by atoms with E-state index >= 15 is 0 Å². The van der Waals surface area contributed by atoms with Crippen LogP contribution in [0.2, 0.25) is 15.1 Å². The lowest BCUT2D eigenvalue weighted by Gasteiger charge is -2.28. The van der Waals surface area contributed by atoms with Gasteiger partial charge in [0.1, 0.15) is 5.92 Å². The topological polar surface area (TPSA) is 49.9 Å². The number of carbonyl (C=O) groups excluding carboxylic acids is 2. The van der Waals surface area contributed by atoms with Gasteiger partial charge in [0.15, 0.2) is 6.10 Å². The van der Waals surface area contributed by atoms with Gasteiger partial charge < -0.3 is 0 Å². The van der Waals surface area contributed by atoms with Gasteiger partial charge >= 0.3 is 0 Å². The highest BCUT2D eigenvalue weighted by Crippen LogP contribution is 2.48. The predicted octanol–water partition coefficient (Wildman–Crippen LogP) is 5.70. The van der Waals surface area contributed by atoms with E-state index in [1.807, 2.05) is 42.5 Å². The molecule has 3 atom stereocenters. The van der Waals surface area contributed by atoms with Crippen LogP contribution in [0.25, 0.3) is 0 Å². The number of rotatable bonds is 3. The van der Waals surface area contributed by atoms with E-state index in [4.69, 9.17) is 39.6 Å². The number of imide groups is 1. The molecule has 0 aliphatic carbocycles. The number of para-hydroxylation sites is 1. The molecule has 5 rings (SSSR count). The second-order valence-electron chi connectivity index (χ2n) is 7.32. The normalized spacial score (nSPS) is 22.9. The fourth-order valence-electron chi connectivity index (χ4n) is 4.12. The van der Waals surface area contributed by atoms with E-state index in [1.54, 1.807) is 29.3 Å². The maximum absolute atomic E-state index is 13.5. The number of benzene rings is 3. The van der Waals surface area contributed by atoms with E-state index in [2.05, 4.69) is 0 Å². The molecule has 0 unspecified atom stereocenters. The van der Waals surface area contributed by atoms with Gasteiger partial charge in [-0.05, 0) is 48.0 Å². The third-order valence-corrected chi connectivity index (χ3v) is 6.45. The third kappa shape index (κ3) is 3.38. The first-order valence-electron chi connectivity index (χ1n) is 9.55. The summed E-state index contributed by atoms with van der Waals surface area (Å²) in [5, 5.41) is 2.76. The molecule has 2 saturated heterocycles. The largest absolute Gasteiger partial charge is 0.273 e. The number of anilines is 2. The minimum absolute atomic E-state index is 0.259. The zero-order chi connectivity index (χ0) is 21.7. The number of amides is 2. The molecule has 0 bridgehead atoms. The summed E-state index contributed by atoms with van der Waals surface area (Å²) < 4.78 is 0. The van der Waals surface area contributed by atoms with Crippen LogP contribution in [-0.2, 0) is 14.4 Å². The van der Waals surface area contributed by atoms with Crippen LogP contribution in [0.4, 0.5) is 11.4 Å². The van der Waals surface area contributed by atoms with Gasteiger partial charge in [-0.2, -0.15) is 0 Å². The van der Waals surface area contributed by atoms with Crippen LogP contribution in [0.1, 0.15) is 11.6 Å². The fraction of sp³-hybridized carbons (Fsp3) is 0.130. The molecule has 0 radical (unpaired) electrons. The standard InChI is InChI=1S/C23H15Cl3N2O3/c24-14-6-4-5-13(11-14)20-19-21(31-28(20)15-7-2-1-3-8-15)23(30)27(22(19)29)16-9-10-17(25)18(26)12-16/h1-12,19-21H/t19-,20+,21-/m1/s1. The first-order chi connectivity index (χ1) is 15.0. The Morgan fingerprint density at radius 2 is 1.52 bits per heavy atom. The number of halogens is 3. The summed E-state index contributed by atoms with van der Waals surface area (Å²) in [4.78, 5) is 34.0. The third-order valence-electron chi connectivity index (χ3n) is 5.48. The SMILES string of the molecule is O=C1[C@H]2[C@@H](ON(c3ccccc3)[C@H]2c2cccc(Cl)c2)C(=O)N1c1ccc(Cl)c(Cl)c1. The molecule has 8 heteroatoms. The second kappa shape index (κ2) is 7.84. The Morgan fingerprint density at radius 1 is 0.742 bits per heavy atom. The van der Waals surface area contributed by atoms with Crippen molar-refractivity contribution in [2.75, 3.05) is 9.96 Å². The van der Waals surface area contributed by atoms with Crippen molar-refractivity contribution in [1.29, 1.82) is 0 Å². The van der Waals surface area contributed by atoms with Crippen LogP contribution in [0.5, 0.6) is 0 Å². The van der Waals surface area contributed by atoms with Crippen molar-refractivity contribution < 1.29 is 14.4 Å². The fourth-order valence-corrected chi connectivity index (χ4v) is 4.61. The van der Waals surface area contributed by atoms with Gasteiger partial charge in [0.2, 0.25) is 5.91 Å².